The number of oxazole rings is 1. The van der Waals surface area contributed by atoms with Gasteiger partial charge in [-0.2, -0.15) is 0 Å². The predicted octanol–water partition coefficient (Wildman–Crippen LogP) is 6.23. The maximum absolute atomic E-state index is 12.2. The Labute approximate surface area is 164 Å². The minimum atomic E-state index is -0.326. The monoisotopic (exact) mass is 424 g/mol. The third-order valence-corrected chi connectivity index (χ3v) is 4.69. The van der Waals surface area contributed by atoms with Gasteiger partial charge in [-0.05, 0) is 69.9 Å². The van der Waals surface area contributed by atoms with Crippen LogP contribution in [-0.4, -0.2) is 10.9 Å². The summed E-state index contributed by atoms with van der Waals surface area (Å²) in [7, 11) is 0. The second-order valence-corrected chi connectivity index (χ2v) is 7.32. The lowest BCUT2D eigenvalue weighted by Crippen LogP contribution is -2.10. The summed E-state index contributed by atoms with van der Waals surface area (Å²) in [6.07, 6.45) is 0. The topological polar surface area (TPSA) is 68.3 Å². The number of halogens is 1. The van der Waals surface area contributed by atoms with E-state index in [1.54, 1.807) is 30.3 Å². The van der Waals surface area contributed by atoms with Crippen LogP contribution in [0.5, 0.6) is 0 Å². The Balaban J connectivity index is 1.59. The van der Waals surface area contributed by atoms with Crippen LogP contribution in [0.15, 0.2) is 68.1 Å². The lowest BCUT2D eigenvalue weighted by Gasteiger charge is -2.04. The van der Waals surface area contributed by atoms with Crippen molar-refractivity contribution in [2.45, 2.75) is 19.8 Å². The van der Waals surface area contributed by atoms with Crippen LogP contribution < -0.4 is 5.32 Å². The minimum Gasteiger partial charge on any atom is -0.444 e. The van der Waals surface area contributed by atoms with Crippen LogP contribution in [0.3, 0.4) is 0 Å². The Kier molecular flexibility index (Phi) is 4.58. The SMILES string of the molecule is CC(C)c1ccc(-c2nc3cc(NC(=O)c4ccc(Br)o4)ccc3o2)cc1. The van der Waals surface area contributed by atoms with Gasteiger partial charge in [0.2, 0.25) is 5.89 Å². The standard InChI is InChI=1S/C21H17BrN2O3/c1-12(2)13-3-5-14(6-4-13)21-24-16-11-15(7-8-17(16)27-21)23-20(25)18-9-10-19(22)26-18/h3-12H,1-2H3,(H,23,25). The summed E-state index contributed by atoms with van der Waals surface area (Å²) in [6, 6.07) is 16.8. The van der Waals surface area contributed by atoms with Crippen molar-refractivity contribution in [3.8, 4) is 11.5 Å². The number of hydrogen-bond acceptors (Lipinski definition) is 4. The van der Waals surface area contributed by atoms with E-state index in [1.807, 2.05) is 12.1 Å². The van der Waals surface area contributed by atoms with Crippen molar-refractivity contribution in [3.05, 3.63) is 70.6 Å². The molecule has 0 unspecified atom stereocenters. The molecule has 1 N–H and O–H groups in total. The lowest BCUT2D eigenvalue weighted by molar-refractivity contribution is 0.0995. The van der Waals surface area contributed by atoms with E-state index in [0.29, 0.717) is 33.3 Å². The molecule has 2 heterocycles. The first-order valence-electron chi connectivity index (χ1n) is 8.57. The number of carbonyl (C=O) groups excluding carboxylic acids is 1. The molecule has 0 radical (unpaired) electrons. The van der Waals surface area contributed by atoms with Gasteiger partial charge in [-0.15, -0.1) is 0 Å². The fourth-order valence-electron chi connectivity index (χ4n) is 2.77. The summed E-state index contributed by atoms with van der Waals surface area (Å²) in [6.45, 7) is 4.32. The van der Waals surface area contributed by atoms with Gasteiger partial charge in [-0.25, -0.2) is 4.98 Å². The van der Waals surface area contributed by atoms with Crippen molar-refractivity contribution in [2.75, 3.05) is 5.32 Å². The largest absolute Gasteiger partial charge is 0.444 e. The van der Waals surface area contributed by atoms with E-state index in [2.05, 4.69) is 52.2 Å². The second-order valence-electron chi connectivity index (χ2n) is 6.54. The average Bonchev–Trinajstić information content (AvgIpc) is 3.27. The minimum absolute atomic E-state index is 0.230. The van der Waals surface area contributed by atoms with Gasteiger partial charge in [0.1, 0.15) is 5.52 Å². The second kappa shape index (κ2) is 7.04. The van der Waals surface area contributed by atoms with Crippen molar-refractivity contribution in [1.29, 1.82) is 0 Å². The van der Waals surface area contributed by atoms with Crippen molar-refractivity contribution in [3.63, 3.8) is 0 Å². The van der Waals surface area contributed by atoms with E-state index < -0.39 is 0 Å². The van der Waals surface area contributed by atoms with Crippen LogP contribution in [0, 0.1) is 0 Å². The van der Waals surface area contributed by atoms with Gasteiger partial charge < -0.3 is 14.2 Å². The maximum atomic E-state index is 12.2. The van der Waals surface area contributed by atoms with Crippen LogP contribution >= 0.6 is 15.9 Å². The summed E-state index contributed by atoms with van der Waals surface area (Å²) in [5, 5.41) is 2.80. The zero-order valence-corrected chi connectivity index (χ0v) is 16.4. The molecule has 2 aromatic carbocycles. The zero-order chi connectivity index (χ0) is 19.0. The molecule has 0 aliphatic carbocycles. The molecule has 0 aliphatic rings. The molecule has 4 aromatic rings. The first-order chi connectivity index (χ1) is 13.0. The normalized spacial score (nSPS) is 11.3. The van der Waals surface area contributed by atoms with Crippen molar-refractivity contribution < 1.29 is 13.6 Å². The molecule has 0 saturated heterocycles. The van der Waals surface area contributed by atoms with Crippen LogP contribution in [-0.2, 0) is 0 Å². The highest BCUT2D eigenvalue weighted by Gasteiger charge is 2.13. The molecular weight excluding hydrogens is 408 g/mol. The lowest BCUT2D eigenvalue weighted by atomic mass is 10.0. The molecule has 0 atom stereocenters. The summed E-state index contributed by atoms with van der Waals surface area (Å²) >= 11 is 3.19. The van der Waals surface area contributed by atoms with Gasteiger partial charge in [0, 0.05) is 11.3 Å². The van der Waals surface area contributed by atoms with Gasteiger partial charge in [0.05, 0.1) is 0 Å². The number of furan rings is 1. The third-order valence-electron chi connectivity index (χ3n) is 4.27. The molecule has 2 aromatic heterocycles. The Morgan fingerprint density at radius 1 is 1.04 bits per heavy atom. The number of carbonyl (C=O) groups is 1. The number of rotatable bonds is 4. The van der Waals surface area contributed by atoms with Crippen LogP contribution in [0.4, 0.5) is 5.69 Å². The first-order valence-corrected chi connectivity index (χ1v) is 9.36. The molecule has 4 rings (SSSR count). The van der Waals surface area contributed by atoms with Crippen molar-refractivity contribution in [2.24, 2.45) is 0 Å². The Hall–Kier alpha value is -2.86. The highest BCUT2D eigenvalue weighted by molar-refractivity contribution is 9.10. The summed E-state index contributed by atoms with van der Waals surface area (Å²) < 4.78 is 11.6. The maximum Gasteiger partial charge on any atom is 0.291 e. The van der Waals surface area contributed by atoms with E-state index >= 15 is 0 Å². The Bertz CT molecular complexity index is 1110. The fourth-order valence-corrected chi connectivity index (χ4v) is 3.07. The smallest absolute Gasteiger partial charge is 0.291 e. The number of fused-ring (bicyclic) bond motifs is 1. The van der Waals surface area contributed by atoms with Gasteiger partial charge in [0.25, 0.3) is 5.91 Å². The molecule has 0 fully saturated rings. The predicted molar refractivity (Wildman–Crippen MR) is 108 cm³/mol. The summed E-state index contributed by atoms with van der Waals surface area (Å²) in [5.74, 6) is 0.934. The van der Waals surface area contributed by atoms with Crippen molar-refractivity contribution >= 4 is 38.6 Å². The number of benzene rings is 2. The molecule has 1 amide bonds. The first kappa shape index (κ1) is 17.5. The van der Waals surface area contributed by atoms with Gasteiger partial charge in [-0.3, -0.25) is 4.79 Å². The molecular formula is C21H17BrN2O3. The number of amides is 1. The highest BCUT2D eigenvalue weighted by atomic mass is 79.9. The average molecular weight is 425 g/mol. The van der Waals surface area contributed by atoms with Gasteiger partial charge >= 0.3 is 0 Å². The summed E-state index contributed by atoms with van der Waals surface area (Å²) in [5.41, 5.74) is 4.15. The fraction of sp³-hybridized carbons (Fsp3) is 0.143. The van der Waals surface area contributed by atoms with Crippen LogP contribution in [0.25, 0.3) is 22.6 Å². The van der Waals surface area contributed by atoms with Gasteiger partial charge in [0.15, 0.2) is 16.0 Å². The molecule has 0 bridgehead atoms. The molecule has 5 nitrogen and oxygen atoms in total. The number of nitrogens with zero attached hydrogens (tertiary/aromatic N) is 1. The zero-order valence-electron chi connectivity index (χ0n) is 14.8. The molecule has 136 valence electrons. The Morgan fingerprint density at radius 2 is 1.81 bits per heavy atom. The van der Waals surface area contributed by atoms with E-state index in [9.17, 15) is 4.79 Å². The van der Waals surface area contributed by atoms with E-state index in [1.165, 1.54) is 5.56 Å². The number of nitrogens with one attached hydrogen (secondary N) is 1. The number of aromatic nitrogens is 1. The van der Waals surface area contributed by atoms with Crippen molar-refractivity contribution in [1.82, 2.24) is 4.98 Å². The van der Waals surface area contributed by atoms with E-state index in [-0.39, 0.29) is 11.7 Å². The van der Waals surface area contributed by atoms with Gasteiger partial charge in [-0.1, -0.05) is 26.0 Å². The Morgan fingerprint density at radius 3 is 2.48 bits per heavy atom. The molecule has 6 heteroatoms. The number of anilines is 1. The third kappa shape index (κ3) is 3.66. The summed E-state index contributed by atoms with van der Waals surface area (Å²) in [4.78, 5) is 16.8. The molecule has 0 aliphatic heterocycles. The quantitative estimate of drug-likeness (QED) is 0.421. The van der Waals surface area contributed by atoms with E-state index in [4.69, 9.17) is 8.83 Å². The molecule has 27 heavy (non-hydrogen) atoms. The molecule has 0 saturated carbocycles. The highest BCUT2D eigenvalue weighted by Crippen LogP contribution is 2.27. The molecule has 0 spiro atoms. The van der Waals surface area contributed by atoms with Crippen LogP contribution in [0.2, 0.25) is 0 Å². The van der Waals surface area contributed by atoms with Crippen LogP contribution in [0.1, 0.15) is 35.9 Å². The number of hydrogen-bond donors (Lipinski definition) is 1. The van der Waals surface area contributed by atoms with E-state index in [0.717, 1.165) is 5.56 Å².